The zero-order valence-corrected chi connectivity index (χ0v) is 22.3. The summed E-state index contributed by atoms with van der Waals surface area (Å²) in [6, 6.07) is 17.3. The number of hydrogen-bond donors (Lipinski definition) is 1. The molecule has 3 aromatic carbocycles. The van der Waals surface area contributed by atoms with Crippen molar-refractivity contribution in [2.24, 2.45) is 0 Å². The summed E-state index contributed by atoms with van der Waals surface area (Å²) in [4.78, 5) is 13.4. The highest BCUT2D eigenvalue weighted by Crippen LogP contribution is 2.41. The first kappa shape index (κ1) is 26.1. The third kappa shape index (κ3) is 5.56. The number of nitrogens with zero attached hydrogens (tertiary/aromatic N) is 1. The van der Waals surface area contributed by atoms with E-state index in [1.807, 2.05) is 19.9 Å². The maximum Gasteiger partial charge on any atom is 0.264 e. The van der Waals surface area contributed by atoms with Gasteiger partial charge in [0.15, 0.2) is 0 Å². The number of carbonyl (C=O) groups is 1. The molecule has 0 saturated heterocycles. The van der Waals surface area contributed by atoms with Crippen molar-refractivity contribution in [1.82, 2.24) is 5.32 Å². The Bertz CT molecular complexity index is 1380. The van der Waals surface area contributed by atoms with Gasteiger partial charge in [-0.3, -0.25) is 9.10 Å². The van der Waals surface area contributed by atoms with Gasteiger partial charge in [0.05, 0.1) is 33.8 Å². The number of ether oxygens (including phenoxy) is 2. The fraction of sp³-hybridized carbons (Fsp3) is 0.269. The zero-order valence-electron chi connectivity index (χ0n) is 20.0. The molecule has 0 saturated carbocycles. The van der Waals surface area contributed by atoms with E-state index in [4.69, 9.17) is 32.7 Å². The second kappa shape index (κ2) is 10.2. The van der Waals surface area contributed by atoms with Gasteiger partial charge in [0.1, 0.15) is 23.6 Å². The average Bonchev–Trinajstić information content (AvgIpc) is 2.84. The molecule has 0 fully saturated rings. The lowest BCUT2D eigenvalue weighted by Gasteiger charge is -2.38. The minimum absolute atomic E-state index is 0.0474. The molecule has 1 atom stereocenters. The van der Waals surface area contributed by atoms with E-state index in [1.54, 1.807) is 37.4 Å². The first-order valence-electron chi connectivity index (χ1n) is 11.2. The Morgan fingerprint density at radius 1 is 1.08 bits per heavy atom. The molecule has 3 aromatic rings. The molecule has 1 unspecified atom stereocenters. The molecule has 0 aromatic heterocycles. The number of sulfonamides is 1. The predicted molar refractivity (Wildman–Crippen MR) is 141 cm³/mol. The van der Waals surface area contributed by atoms with Gasteiger partial charge < -0.3 is 14.8 Å². The van der Waals surface area contributed by atoms with E-state index >= 15 is 0 Å². The maximum absolute atomic E-state index is 13.6. The fourth-order valence-electron chi connectivity index (χ4n) is 4.13. The molecular formula is C26H26Cl2N2O5S. The Kier molecular flexibility index (Phi) is 7.41. The molecule has 1 aliphatic rings. The molecule has 36 heavy (non-hydrogen) atoms. The molecule has 1 amide bonds. The van der Waals surface area contributed by atoms with Crippen molar-refractivity contribution >= 4 is 44.8 Å². The van der Waals surface area contributed by atoms with Gasteiger partial charge in [-0.1, -0.05) is 41.4 Å². The van der Waals surface area contributed by atoms with E-state index in [2.05, 4.69) is 5.32 Å². The van der Waals surface area contributed by atoms with Crippen molar-refractivity contribution in [2.45, 2.75) is 36.8 Å². The van der Waals surface area contributed by atoms with Gasteiger partial charge in [-0.05, 0) is 62.4 Å². The summed E-state index contributed by atoms with van der Waals surface area (Å²) in [6.07, 6.45) is 0.483. The average molecular weight is 549 g/mol. The molecule has 1 N–H and O–H groups in total. The third-order valence-corrected chi connectivity index (χ3v) is 8.35. The Labute approximate surface area is 221 Å². The van der Waals surface area contributed by atoms with Gasteiger partial charge in [-0.15, -0.1) is 0 Å². The minimum Gasteiger partial charge on any atom is -0.497 e. The van der Waals surface area contributed by atoms with Crippen LogP contribution in [0.4, 0.5) is 5.69 Å². The smallest absolute Gasteiger partial charge is 0.264 e. The molecule has 7 nitrogen and oxygen atoms in total. The summed E-state index contributed by atoms with van der Waals surface area (Å²) in [5.41, 5.74) is 0.436. The third-order valence-electron chi connectivity index (χ3n) is 5.82. The Morgan fingerprint density at radius 3 is 2.47 bits per heavy atom. The van der Waals surface area contributed by atoms with Crippen LogP contribution < -0.4 is 19.1 Å². The number of nitrogens with one attached hydrogen (secondary N) is 1. The lowest BCUT2D eigenvalue weighted by Crippen LogP contribution is -2.45. The van der Waals surface area contributed by atoms with Crippen LogP contribution in [0.1, 0.15) is 31.9 Å². The van der Waals surface area contributed by atoms with Crippen molar-refractivity contribution in [3.05, 3.63) is 82.3 Å². The molecule has 1 aliphatic heterocycles. The molecule has 0 aliphatic carbocycles. The normalized spacial score (nSPS) is 16.4. The highest BCUT2D eigenvalue weighted by molar-refractivity contribution is 7.92. The van der Waals surface area contributed by atoms with Crippen molar-refractivity contribution in [3.63, 3.8) is 0 Å². The van der Waals surface area contributed by atoms with Crippen LogP contribution in [0.5, 0.6) is 11.5 Å². The molecular weight excluding hydrogens is 523 g/mol. The number of halogens is 2. The van der Waals surface area contributed by atoms with E-state index in [0.29, 0.717) is 17.9 Å². The number of carbonyl (C=O) groups excluding carboxylic acids is 1. The van der Waals surface area contributed by atoms with Crippen LogP contribution in [0.3, 0.4) is 0 Å². The maximum atomic E-state index is 13.6. The number of amides is 1. The summed E-state index contributed by atoms with van der Waals surface area (Å²) in [5.74, 6) is 0.771. The zero-order chi connectivity index (χ0) is 26.1. The summed E-state index contributed by atoms with van der Waals surface area (Å²) >= 11 is 12.2. The summed E-state index contributed by atoms with van der Waals surface area (Å²) in [5, 5.41) is 3.44. The second-order valence-electron chi connectivity index (χ2n) is 9.01. The van der Waals surface area contributed by atoms with Crippen LogP contribution in [0.2, 0.25) is 10.0 Å². The van der Waals surface area contributed by atoms with Crippen LogP contribution in [0, 0.1) is 0 Å². The van der Waals surface area contributed by atoms with Crippen molar-refractivity contribution in [1.29, 1.82) is 0 Å². The summed E-state index contributed by atoms with van der Waals surface area (Å²) < 4.78 is 39.6. The van der Waals surface area contributed by atoms with Gasteiger partial charge >= 0.3 is 0 Å². The molecule has 0 spiro atoms. The molecule has 4 rings (SSSR count). The predicted octanol–water partition coefficient (Wildman–Crippen LogP) is 5.62. The number of benzene rings is 3. The van der Waals surface area contributed by atoms with E-state index in [-0.39, 0.29) is 20.6 Å². The van der Waals surface area contributed by atoms with E-state index in [1.165, 1.54) is 30.3 Å². The van der Waals surface area contributed by atoms with Gasteiger partial charge in [-0.2, -0.15) is 0 Å². The van der Waals surface area contributed by atoms with E-state index < -0.39 is 34.1 Å². The highest BCUT2D eigenvalue weighted by atomic mass is 35.5. The topological polar surface area (TPSA) is 84.9 Å². The Balaban J connectivity index is 1.67. The second-order valence-corrected chi connectivity index (χ2v) is 11.7. The molecule has 190 valence electrons. The van der Waals surface area contributed by atoms with E-state index in [0.717, 1.165) is 9.87 Å². The largest absolute Gasteiger partial charge is 0.497 e. The highest BCUT2D eigenvalue weighted by Gasteiger charge is 2.36. The van der Waals surface area contributed by atoms with Gasteiger partial charge in [0, 0.05) is 12.0 Å². The SMILES string of the molecule is COc1ccc2c(c1)C(NC(=O)CN(c1ccc(Cl)c(Cl)c1)S(=O)(=O)c1ccccc1)CC(C)(C)O2. The van der Waals surface area contributed by atoms with Crippen molar-refractivity contribution in [3.8, 4) is 11.5 Å². The van der Waals surface area contributed by atoms with Crippen LogP contribution >= 0.6 is 23.2 Å². The molecule has 0 bridgehead atoms. The molecule has 0 radical (unpaired) electrons. The van der Waals surface area contributed by atoms with Gasteiger partial charge in [-0.25, -0.2) is 8.42 Å². The first-order chi connectivity index (χ1) is 17.0. The summed E-state index contributed by atoms with van der Waals surface area (Å²) in [7, 11) is -2.53. The van der Waals surface area contributed by atoms with Crippen LogP contribution in [-0.2, 0) is 14.8 Å². The number of methoxy groups -OCH3 is 1. The fourth-order valence-corrected chi connectivity index (χ4v) is 5.86. The molecule has 10 heteroatoms. The van der Waals surface area contributed by atoms with Crippen LogP contribution in [-0.4, -0.2) is 33.6 Å². The number of fused-ring (bicyclic) bond motifs is 1. The van der Waals surface area contributed by atoms with Gasteiger partial charge in [0.25, 0.3) is 10.0 Å². The number of anilines is 1. The molecule has 1 heterocycles. The van der Waals surface area contributed by atoms with Crippen molar-refractivity contribution < 1.29 is 22.7 Å². The van der Waals surface area contributed by atoms with Crippen molar-refractivity contribution in [2.75, 3.05) is 18.0 Å². The van der Waals surface area contributed by atoms with Crippen LogP contribution in [0.15, 0.2) is 71.6 Å². The van der Waals surface area contributed by atoms with Gasteiger partial charge in [0.2, 0.25) is 5.91 Å². The number of rotatable bonds is 7. The van der Waals surface area contributed by atoms with Crippen LogP contribution in [0.25, 0.3) is 0 Å². The Hall–Kier alpha value is -2.94. The van der Waals surface area contributed by atoms with E-state index in [9.17, 15) is 13.2 Å². The lowest BCUT2D eigenvalue weighted by molar-refractivity contribution is -0.120. The standard InChI is InChI=1S/C26H26Cl2N2O5S/c1-26(2)15-23(20-14-18(34-3)10-12-24(20)35-26)29-25(31)16-30(17-9-11-21(27)22(28)13-17)36(32,33)19-7-5-4-6-8-19/h4-14,23H,15-16H2,1-3H3,(H,29,31). The first-order valence-corrected chi connectivity index (χ1v) is 13.4. The minimum atomic E-state index is -4.09. The Morgan fingerprint density at radius 2 is 1.81 bits per heavy atom. The quantitative estimate of drug-likeness (QED) is 0.414. The monoisotopic (exact) mass is 548 g/mol. The summed E-state index contributed by atoms with van der Waals surface area (Å²) in [6.45, 7) is 3.40. The number of hydrogen-bond acceptors (Lipinski definition) is 5. The lowest BCUT2D eigenvalue weighted by atomic mass is 9.89.